The molecule has 0 unspecified atom stereocenters. The number of hydrogen-bond acceptors (Lipinski definition) is 3. The first kappa shape index (κ1) is 15.2. The number of halogens is 4. The van der Waals surface area contributed by atoms with Crippen LogP contribution in [0.5, 0.6) is 0 Å². The van der Waals surface area contributed by atoms with Gasteiger partial charge in [0.1, 0.15) is 0 Å². The zero-order chi connectivity index (χ0) is 14.5. The zero-order valence-electron chi connectivity index (χ0n) is 9.45. The Labute approximate surface area is 111 Å². The van der Waals surface area contributed by atoms with E-state index < -0.39 is 17.8 Å². The van der Waals surface area contributed by atoms with E-state index in [1.54, 1.807) is 0 Å². The third-order valence-corrected chi connectivity index (χ3v) is 2.26. The van der Waals surface area contributed by atoms with Crippen LogP contribution >= 0.6 is 11.6 Å². The number of amides is 2. The van der Waals surface area contributed by atoms with Gasteiger partial charge < -0.3 is 5.32 Å². The van der Waals surface area contributed by atoms with Crippen LogP contribution in [0, 0.1) is 4.91 Å². The van der Waals surface area contributed by atoms with Crippen LogP contribution in [0.25, 0.3) is 0 Å². The van der Waals surface area contributed by atoms with Crippen molar-refractivity contribution in [3.63, 3.8) is 0 Å². The van der Waals surface area contributed by atoms with Gasteiger partial charge in [0.2, 0.25) is 0 Å². The second kappa shape index (κ2) is 6.37. The summed E-state index contributed by atoms with van der Waals surface area (Å²) in [6.45, 7) is -0.0997. The van der Waals surface area contributed by atoms with E-state index in [1.807, 2.05) is 0 Å². The third-order valence-electron chi connectivity index (χ3n) is 2.09. The molecule has 104 valence electrons. The molecule has 0 spiro atoms. The fourth-order valence-corrected chi connectivity index (χ4v) is 1.35. The molecular weight excluding hydrogens is 287 g/mol. The van der Waals surface area contributed by atoms with Crippen molar-refractivity contribution in [2.24, 2.45) is 5.29 Å². The van der Waals surface area contributed by atoms with E-state index in [2.05, 4.69) is 10.6 Å². The number of hydrogen-bond donors (Lipinski definition) is 1. The Bertz CT molecular complexity index is 450. The Balaban J connectivity index is 2.72. The average Bonchev–Trinajstić information content (AvgIpc) is 2.35. The van der Waals surface area contributed by atoms with Gasteiger partial charge in [0, 0.05) is 11.6 Å². The maximum Gasteiger partial charge on any atom is 0.416 e. The minimum atomic E-state index is -4.45. The van der Waals surface area contributed by atoms with Gasteiger partial charge >= 0.3 is 12.2 Å². The number of benzene rings is 1. The standard InChI is InChI=1S/C10H9ClF3N3O2/c11-5-6-17(16-19)9(18)15-8-3-1-7(2-4-8)10(12,13)14/h1-4H,5-6H2,(H,15,18). The van der Waals surface area contributed by atoms with Crippen molar-refractivity contribution in [3.8, 4) is 0 Å². The Kier molecular flexibility index (Phi) is 5.11. The largest absolute Gasteiger partial charge is 0.416 e. The average molecular weight is 296 g/mol. The molecule has 0 radical (unpaired) electrons. The van der Waals surface area contributed by atoms with E-state index in [0.29, 0.717) is 5.01 Å². The van der Waals surface area contributed by atoms with Crippen molar-refractivity contribution in [2.45, 2.75) is 6.18 Å². The molecule has 0 saturated carbocycles. The van der Waals surface area contributed by atoms with Gasteiger partial charge in [-0.05, 0) is 24.3 Å². The van der Waals surface area contributed by atoms with Crippen LogP contribution in [0.1, 0.15) is 5.56 Å². The molecule has 0 heterocycles. The second-order valence-corrected chi connectivity index (χ2v) is 3.78. The molecule has 0 aliphatic heterocycles. The summed E-state index contributed by atoms with van der Waals surface area (Å²) >= 11 is 5.35. The van der Waals surface area contributed by atoms with Crippen molar-refractivity contribution in [1.82, 2.24) is 5.01 Å². The van der Waals surface area contributed by atoms with Crippen molar-refractivity contribution >= 4 is 23.3 Å². The van der Waals surface area contributed by atoms with E-state index >= 15 is 0 Å². The van der Waals surface area contributed by atoms with Crippen molar-refractivity contribution in [1.29, 1.82) is 0 Å². The molecule has 0 saturated heterocycles. The number of carbonyl (C=O) groups is 1. The molecule has 1 N–H and O–H groups in total. The van der Waals surface area contributed by atoms with Crippen LogP contribution in [0.2, 0.25) is 0 Å². The normalized spacial score (nSPS) is 10.9. The van der Waals surface area contributed by atoms with Gasteiger partial charge in [-0.15, -0.1) is 16.5 Å². The van der Waals surface area contributed by atoms with E-state index in [0.717, 1.165) is 24.3 Å². The molecular formula is C10H9ClF3N3O2. The number of urea groups is 1. The van der Waals surface area contributed by atoms with Crippen molar-refractivity contribution < 1.29 is 18.0 Å². The summed E-state index contributed by atoms with van der Waals surface area (Å²) < 4.78 is 36.9. The van der Waals surface area contributed by atoms with E-state index in [9.17, 15) is 22.9 Å². The third kappa shape index (κ3) is 4.40. The number of nitrogens with one attached hydrogen (secondary N) is 1. The van der Waals surface area contributed by atoms with E-state index in [1.165, 1.54) is 0 Å². The van der Waals surface area contributed by atoms with Crippen molar-refractivity contribution in [2.75, 3.05) is 17.7 Å². The number of anilines is 1. The minimum absolute atomic E-state index is 0.00612. The maximum atomic E-state index is 12.3. The van der Waals surface area contributed by atoms with Gasteiger partial charge in [-0.25, -0.2) is 4.79 Å². The Hall–Kier alpha value is -1.83. The van der Waals surface area contributed by atoms with Gasteiger partial charge in [0.05, 0.1) is 17.4 Å². The lowest BCUT2D eigenvalue weighted by Crippen LogP contribution is -2.31. The molecule has 0 bridgehead atoms. The fraction of sp³-hybridized carbons (Fsp3) is 0.300. The second-order valence-electron chi connectivity index (χ2n) is 3.40. The Morgan fingerprint density at radius 2 is 1.89 bits per heavy atom. The lowest BCUT2D eigenvalue weighted by Gasteiger charge is -2.13. The molecule has 2 amide bonds. The summed E-state index contributed by atoms with van der Waals surface area (Å²) in [5.41, 5.74) is -0.724. The van der Waals surface area contributed by atoms with Gasteiger partial charge in [0.25, 0.3) is 0 Å². The first-order chi connectivity index (χ1) is 8.88. The first-order valence-electron chi connectivity index (χ1n) is 5.03. The summed E-state index contributed by atoms with van der Waals surface area (Å²) in [6, 6.07) is 2.91. The van der Waals surface area contributed by atoms with Crippen LogP contribution < -0.4 is 5.32 Å². The summed E-state index contributed by atoms with van der Waals surface area (Å²) in [5, 5.41) is 5.19. The predicted octanol–water partition coefficient (Wildman–Crippen LogP) is 3.46. The molecule has 0 fully saturated rings. The number of nitrogens with zero attached hydrogens (tertiary/aromatic N) is 2. The molecule has 0 aliphatic carbocycles. The lowest BCUT2D eigenvalue weighted by atomic mass is 10.2. The van der Waals surface area contributed by atoms with Crippen LogP contribution in [0.3, 0.4) is 0 Å². The zero-order valence-corrected chi connectivity index (χ0v) is 10.2. The first-order valence-corrected chi connectivity index (χ1v) is 5.57. The number of carbonyl (C=O) groups excluding carboxylic acids is 1. The molecule has 0 aliphatic rings. The maximum absolute atomic E-state index is 12.3. The summed E-state index contributed by atoms with van der Waals surface area (Å²) in [4.78, 5) is 21.8. The van der Waals surface area contributed by atoms with Gasteiger partial charge in [0.15, 0.2) is 0 Å². The lowest BCUT2D eigenvalue weighted by molar-refractivity contribution is -0.137. The monoisotopic (exact) mass is 295 g/mol. The summed E-state index contributed by atoms with van der Waals surface area (Å²) in [5.74, 6) is 0.00612. The van der Waals surface area contributed by atoms with Gasteiger partial charge in [-0.1, -0.05) is 0 Å². The highest BCUT2D eigenvalue weighted by Gasteiger charge is 2.30. The number of alkyl halides is 4. The van der Waals surface area contributed by atoms with Crippen molar-refractivity contribution in [3.05, 3.63) is 34.7 Å². The van der Waals surface area contributed by atoms with Crippen LogP contribution in [0.4, 0.5) is 23.7 Å². The Morgan fingerprint density at radius 1 is 1.32 bits per heavy atom. The summed E-state index contributed by atoms with van der Waals surface area (Å²) in [6.07, 6.45) is -4.45. The SMILES string of the molecule is O=NN(CCCl)C(=O)Nc1ccc(C(F)(F)F)cc1. The van der Waals surface area contributed by atoms with Crippen LogP contribution in [-0.4, -0.2) is 23.5 Å². The molecule has 5 nitrogen and oxygen atoms in total. The molecule has 0 atom stereocenters. The number of rotatable bonds is 4. The highest BCUT2D eigenvalue weighted by molar-refractivity contribution is 6.18. The van der Waals surface area contributed by atoms with Crippen LogP contribution in [0.15, 0.2) is 29.6 Å². The summed E-state index contributed by atoms with van der Waals surface area (Å²) in [7, 11) is 0. The quantitative estimate of drug-likeness (QED) is 0.525. The van der Waals surface area contributed by atoms with E-state index in [4.69, 9.17) is 11.6 Å². The smallest absolute Gasteiger partial charge is 0.306 e. The van der Waals surface area contributed by atoms with Gasteiger partial charge in [-0.3, -0.25) is 0 Å². The fourth-order valence-electron chi connectivity index (χ4n) is 1.19. The molecule has 1 rings (SSSR count). The highest BCUT2D eigenvalue weighted by atomic mass is 35.5. The van der Waals surface area contributed by atoms with E-state index in [-0.39, 0.29) is 18.1 Å². The molecule has 9 heteroatoms. The van der Waals surface area contributed by atoms with Gasteiger partial charge in [-0.2, -0.15) is 18.2 Å². The highest BCUT2D eigenvalue weighted by Crippen LogP contribution is 2.29. The molecule has 19 heavy (non-hydrogen) atoms. The predicted molar refractivity (Wildman–Crippen MR) is 63.7 cm³/mol. The Morgan fingerprint density at radius 3 is 2.32 bits per heavy atom. The number of nitroso groups, excluding NO2 is 1. The molecule has 0 aromatic heterocycles. The molecule has 1 aromatic rings. The topological polar surface area (TPSA) is 61.8 Å². The minimum Gasteiger partial charge on any atom is -0.306 e. The van der Waals surface area contributed by atoms with Crippen LogP contribution in [-0.2, 0) is 6.18 Å². The molecule has 1 aromatic carbocycles.